The summed E-state index contributed by atoms with van der Waals surface area (Å²) in [6, 6.07) is 14.7. The molecule has 0 fully saturated rings. The predicted octanol–water partition coefficient (Wildman–Crippen LogP) is 4.72. The number of rotatable bonds is 5. The van der Waals surface area contributed by atoms with Crippen LogP contribution >= 0.6 is 11.3 Å². The molecule has 0 atom stereocenters. The minimum atomic E-state index is 0.164. The highest BCUT2D eigenvalue weighted by Crippen LogP contribution is 2.34. The fourth-order valence-electron chi connectivity index (χ4n) is 2.70. The van der Waals surface area contributed by atoms with E-state index in [9.17, 15) is 5.11 Å². The van der Waals surface area contributed by atoms with Gasteiger partial charge in [0, 0.05) is 35.1 Å². The molecule has 0 amide bonds. The van der Waals surface area contributed by atoms with Gasteiger partial charge in [-0.1, -0.05) is 12.1 Å². The predicted molar refractivity (Wildman–Crippen MR) is 107 cm³/mol. The van der Waals surface area contributed by atoms with Crippen molar-refractivity contribution in [2.24, 2.45) is 0 Å². The average molecular weight is 376 g/mol. The number of benzene rings is 2. The Labute approximate surface area is 160 Å². The Kier molecular flexibility index (Phi) is 4.67. The van der Waals surface area contributed by atoms with E-state index < -0.39 is 0 Å². The van der Waals surface area contributed by atoms with Crippen molar-refractivity contribution in [2.75, 3.05) is 12.4 Å². The molecule has 0 aliphatic carbocycles. The van der Waals surface area contributed by atoms with Crippen LogP contribution in [0.25, 0.3) is 21.8 Å². The van der Waals surface area contributed by atoms with Crippen LogP contribution in [0.4, 0.5) is 11.6 Å². The molecule has 27 heavy (non-hydrogen) atoms. The second-order valence-electron chi connectivity index (χ2n) is 5.69. The molecule has 6 nitrogen and oxygen atoms in total. The quantitative estimate of drug-likeness (QED) is 0.524. The van der Waals surface area contributed by atoms with Crippen molar-refractivity contribution < 1.29 is 9.84 Å². The molecule has 134 valence electrons. The molecule has 0 saturated heterocycles. The van der Waals surface area contributed by atoms with Crippen LogP contribution in [0.1, 0.15) is 0 Å². The van der Waals surface area contributed by atoms with E-state index in [1.165, 1.54) is 11.3 Å². The molecule has 0 bridgehead atoms. The van der Waals surface area contributed by atoms with Gasteiger partial charge in [0.05, 0.1) is 7.11 Å². The number of hydrogen-bond donors (Lipinski definition) is 2. The van der Waals surface area contributed by atoms with Crippen LogP contribution in [0.2, 0.25) is 0 Å². The highest BCUT2D eigenvalue weighted by molar-refractivity contribution is 7.13. The molecule has 0 aliphatic heterocycles. The first-order valence-electron chi connectivity index (χ1n) is 8.20. The van der Waals surface area contributed by atoms with E-state index in [1.54, 1.807) is 31.6 Å². The van der Waals surface area contributed by atoms with Gasteiger partial charge in [0.1, 0.15) is 22.2 Å². The Morgan fingerprint density at radius 2 is 1.96 bits per heavy atom. The zero-order chi connectivity index (χ0) is 18.6. The SMILES string of the molecule is COc1cc(O)ccc1-c1cccc(Nc2nccc(-c3nccs3)n2)c1. The molecular formula is C20H16N4O2S. The molecule has 7 heteroatoms. The number of anilines is 2. The number of aromatic hydroxyl groups is 1. The summed E-state index contributed by atoms with van der Waals surface area (Å²) in [6.07, 6.45) is 3.46. The highest BCUT2D eigenvalue weighted by atomic mass is 32.1. The number of ether oxygens (including phenoxy) is 1. The van der Waals surface area contributed by atoms with Gasteiger partial charge in [-0.25, -0.2) is 15.0 Å². The number of aromatic nitrogens is 3. The van der Waals surface area contributed by atoms with Crippen molar-refractivity contribution in [3.63, 3.8) is 0 Å². The normalized spacial score (nSPS) is 10.6. The highest BCUT2D eigenvalue weighted by Gasteiger charge is 2.09. The maximum atomic E-state index is 9.66. The van der Waals surface area contributed by atoms with Gasteiger partial charge in [-0.15, -0.1) is 11.3 Å². The fourth-order valence-corrected chi connectivity index (χ4v) is 3.31. The standard InChI is InChI=1S/C20H16N4O2S/c1-26-18-12-15(25)5-6-16(18)13-3-2-4-14(11-13)23-20-22-8-7-17(24-20)19-21-9-10-27-19/h2-12,25H,1H3,(H,22,23,24). The van der Waals surface area contributed by atoms with Crippen LogP contribution in [0.3, 0.4) is 0 Å². The third kappa shape index (κ3) is 3.73. The summed E-state index contributed by atoms with van der Waals surface area (Å²) in [5.74, 6) is 1.27. The number of phenolic OH excluding ortho intramolecular Hbond substituents is 1. The maximum Gasteiger partial charge on any atom is 0.227 e. The van der Waals surface area contributed by atoms with Gasteiger partial charge in [0.25, 0.3) is 0 Å². The summed E-state index contributed by atoms with van der Waals surface area (Å²) in [4.78, 5) is 13.1. The van der Waals surface area contributed by atoms with E-state index in [-0.39, 0.29) is 5.75 Å². The third-order valence-electron chi connectivity index (χ3n) is 3.92. The van der Waals surface area contributed by atoms with Gasteiger partial charge in [0.2, 0.25) is 5.95 Å². The molecule has 0 aliphatic rings. The molecule has 2 aromatic carbocycles. The molecule has 0 saturated carbocycles. The van der Waals surface area contributed by atoms with Gasteiger partial charge in [-0.05, 0) is 35.9 Å². The Hall–Kier alpha value is -3.45. The monoisotopic (exact) mass is 376 g/mol. The van der Waals surface area contributed by atoms with Crippen molar-refractivity contribution in [1.29, 1.82) is 0 Å². The lowest BCUT2D eigenvalue weighted by molar-refractivity contribution is 0.409. The molecule has 0 radical (unpaired) electrons. The second kappa shape index (κ2) is 7.43. The third-order valence-corrected chi connectivity index (χ3v) is 4.72. The van der Waals surface area contributed by atoms with Crippen LogP contribution in [0.5, 0.6) is 11.5 Å². The van der Waals surface area contributed by atoms with E-state index in [1.807, 2.05) is 41.8 Å². The van der Waals surface area contributed by atoms with Gasteiger partial charge < -0.3 is 15.2 Å². The molecule has 4 rings (SSSR count). The van der Waals surface area contributed by atoms with E-state index >= 15 is 0 Å². The van der Waals surface area contributed by atoms with Crippen LogP contribution in [-0.2, 0) is 0 Å². The number of methoxy groups -OCH3 is 1. The number of nitrogens with one attached hydrogen (secondary N) is 1. The minimum absolute atomic E-state index is 0.164. The van der Waals surface area contributed by atoms with E-state index in [0.717, 1.165) is 27.5 Å². The van der Waals surface area contributed by atoms with Gasteiger partial charge >= 0.3 is 0 Å². The summed E-state index contributed by atoms with van der Waals surface area (Å²) < 4.78 is 5.38. The zero-order valence-electron chi connectivity index (χ0n) is 14.5. The first kappa shape index (κ1) is 17.0. The smallest absolute Gasteiger partial charge is 0.227 e. The lowest BCUT2D eigenvalue weighted by atomic mass is 10.0. The minimum Gasteiger partial charge on any atom is -0.508 e. The van der Waals surface area contributed by atoms with Gasteiger partial charge in [0.15, 0.2) is 0 Å². The Morgan fingerprint density at radius 3 is 2.78 bits per heavy atom. The van der Waals surface area contributed by atoms with Crippen LogP contribution < -0.4 is 10.1 Å². The van der Waals surface area contributed by atoms with Crippen molar-refractivity contribution in [1.82, 2.24) is 15.0 Å². The molecule has 2 N–H and O–H groups in total. The number of phenols is 1. The van der Waals surface area contributed by atoms with Crippen LogP contribution in [-0.4, -0.2) is 27.2 Å². The van der Waals surface area contributed by atoms with E-state index in [4.69, 9.17) is 4.74 Å². The lowest BCUT2D eigenvalue weighted by Crippen LogP contribution is -1.98. The van der Waals surface area contributed by atoms with E-state index in [2.05, 4.69) is 20.3 Å². The summed E-state index contributed by atoms with van der Waals surface area (Å²) in [5, 5.41) is 15.7. The summed E-state index contributed by atoms with van der Waals surface area (Å²) >= 11 is 1.53. The fraction of sp³-hybridized carbons (Fsp3) is 0.0500. The lowest BCUT2D eigenvalue weighted by Gasteiger charge is -2.11. The number of thiazole rings is 1. The molecule has 2 heterocycles. The van der Waals surface area contributed by atoms with Gasteiger partial charge in [-0.3, -0.25) is 0 Å². The first-order valence-corrected chi connectivity index (χ1v) is 9.08. The molecule has 2 aromatic heterocycles. The molecule has 4 aromatic rings. The average Bonchev–Trinajstić information content (AvgIpc) is 3.23. The van der Waals surface area contributed by atoms with E-state index in [0.29, 0.717) is 11.7 Å². The Morgan fingerprint density at radius 1 is 1.04 bits per heavy atom. The topological polar surface area (TPSA) is 80.2 Å². The van der Waals surface area contributed by atoms with Crippen LogP contribution in [0.15, 0.2) is 66.3 Å². The summed E-state index contributed by atoms with van der Waals surface area (Å²) in [6.45, 7) is 0. The maximum absolute atomic E-state index is 9.66. The molecule has 0 spiro atoms. The number of hydrogen-bond acceptors (Lipinski definition) is 7. The molecule has 0 unspecified atom stereocenters. The van der Waals surface area contributed by atoms with Gasteiger partial charge in [-0.2, -0.15) is 0 Å². The van der Waals surface area contributed by atoms with Crippen molar-refractivity contribution in [3.05, 3.63) is 66.3 Å². The van der Waals surface area contributed by atoms with Crippen LogP contribution in [0, 0.1) is 0 Å². The second-order valence-corrected chi connectivity index (χ2v) is 6.59. The Bertz CT molecular complexity index is 1070. The van der Waals surface area contributed by atoms with Crippen molar-refractivity contribution >= 4 is 23.0 Å². The largest absolute Gasteiger partial charge is 0.508 e. The Balaban J connectivity index is 1.63. The summed E-state index contributed by atoms with van der Waals surface area (Å²) in [7, 11) is 1.58. The first-order chi connectivity index (χ1) is 13.2. The van der Waals surface area contributed by atoms with Crippen molar-refractivity contribution in [3.8, 4) is 33.3 Å². The molecular weight excluding hydrogens is 360 g/mol. The number of nitrogens with zero attached hydrogens (tertiary/aromatic N) is 3. The summed E-state index contributed by atoms with van der Waals surface area (Å²) in [5.41, 5.74) is 3.46. The zero-order valence-corrected chi connectivity index (χ0v) is 15.3. The van der Waals surface area contributed by atoms with Crippen molar-refractivity contribution in [2.45, 2.75) is 0 Å².